The predicted molar refractivity (Wildman–Crippen MR) is 132 cm³/mol. The highest BCUT2D eigenvalue weighted by atomic mass is 35.5. The van der Waals surface area contributed by atoms with Gasteiger partial charge in [-0.25, -0.2) is 0 Å². The molecule has 1 saturated carbocycles. The number of halogens is 1. The number of allylic oxidation sites excluding steroid dienone is 1. The van der Waals surface area contributed by atoms with Gasteiger partial charge in [0.1, 0.15) is 22.8 Å². The first-order chi connectivity index (χ1) is 16.9. The summed E-state index contributed by atoms with van der Waals surface area (Å²) in [5.74, 6) is 0.790. The number of nitrogens with zero attached hydrogens (tertiary/aromatic N) is 7. The summed E-state index contributed by atoms with van der Waals surface area (Å²) in [6.45, 7) is 4.96. The minimum Gasteiger partial charge on any atom is -0.365 e. The number of anilines is 3. The second kappa shape index (κ2) is 9.54. The van der Waals surface area contributed by atoms with Gasteiger partial charge < -0.3 is 15.5 Å². The number of piperidine rings is 1. The first-order valence-electron chi connectivity index (χ1n) is 11.8. The normalized spacial score (nSPS) is 18.7. The van der Waals surface area contributed by atoms with Crippen LogP contribution in [0.2, 0.25) is 5.15 Å². The average molecular weight is 495 g/mol. The van der Waals surface area contributed by atoms with Gasteiger partial charge in [-0.1, -0.05) is 31.5 Å². The largest absolute Gasteiger partial charge is 0.365 e. The van der Waals surface area contributed by atoms with Gasteiger partial charge in [0.05, 0.1) is 17.9 Å². The molecule has 1 amide bonds. The molecule has 1 aliphatic heterocycles. The van der Waals surface area contributed by atoms with Crippen molar-refractivity contribution in [2.45, 2.75) is 51.6 Å². The van der Waals surface area contributed by atoms with Crippen LogP contribution in [0.25, 0.3) is 11.0 Å². The number of hydrogen-bond donors (Lipinski definition) is 3. The Hall–Kier alpha value is -3.65. The molecule has 35 heavy (non-hydrogen) atoms. The van der Waals surface area contributed by atoms with Gasteiger partial charge in [0.2, 0.25) is 5.95 Å². The van der Waals surface area contributed by atoms with Gasteiger partial charge in [-0.2, -0.15) is 25.4 Å². The summed E-state index contributed by atoms with van der Waals surface area (Å²) in [7, 11) is 0. The van der Waals surface area contributed by atoms with Crippen molar-refractivity contribution in [3.8, 4) is 6.07 Å². The molecule has 12 heteroatoms. The summed E-state index contributed by atoms with van der Waals surface area (Å²) in [6, 6.07) is 2.46. The highest BCUT2D eigenvalue weighted by molar-refractivity contribution is 6.35. The number of hydrogen-bond acceptors (Lipinski definition) is 8. The predicted octanol–water partition coefficient (Wildman–Crippen LogP) is 3.79. The molecule has 5 rings (SSSR count). The lowest BCUT2D eigenvalue weighted by Gasteiger charge is -2.33. The Balaban J connectivity index is 1.36. The van der Waals surface area contributed by atoms with E-state index in [0.717, 1.165) is 31.4 Å². The molecule has 0 unspecified atom stereocenters. The maximum atomic E-state index is 12.9. The van der Waals surface area contributed by atoms with E-state index >= 15 is 0 Å². The molecule has 2 fully saturated rings. The molecule has 3 N–H and O–H groups in total. The lowest BCUT2D eigenvalue weighted by atomic mass is 10.0. The molecule has 3 aromatic heterocycles. The fraction of sp³-hybridized carbons (Fsp3) is 0.478. The highest BCUT2D eigenvalue weighted by Gasteiger charge is 2.28. The van der Waals surface area contributed by atoms with E-state index in [9.17, 15) is 10.1 Å². The Morgan fingerprint density at radius 3 is 2.91 bits per heavy atom. The third-order valence-corrected chi connectivity index (χ3v) is 6.33. The number of carbonyl (C=O) groups excluding carboxylic acids is 1. The molecule has 3 aromatic rings. The quantitative estimate of drug-likeness (QED) is 0.333. The molecule has 2 aliphatic rings. The molecule has 1 aliphatic carbocycles. The Kier molecular flexibility index (Phi) is 6.30. The molecular weight excluding hydrogens is 468 g/mol. The van der Waals surface area contributed by atoms with Crippen molar-refractivity contribution in [3.05, 3.63) is 29.2 Å². The fourth-order valence-corrected chi connectivity index (χ4v) is 4.48. The monoisotopic (exact) mass is 494 g/mol. The zero-order valence-corrected chi connectivity index (χ0v) is 20.4. The molecule has 0 aromatic carbocycles. The van der Waals surface area contributed by atoms with Crippen LogP contribution in [-0.2, 0) is 4.79 Å². The Morgan fingerprint density at radius 2 is 2.17 bits per heavy atom. The number of nitriles is 1. The van der Waals surface area contributed by atoms with Crippen molar-refractivity contribution in [1.82, 2.24) is 34.8 Å². The van der Waals surface area contributed by atoms with E-state index in [0.29, 0.717) is 41.9 Å². The van der Waals surface area contributed by atoms with Crippen LogP contribution in [0.5, 0.6) is 0 Å². The molecular formula is C23H27ClN10O. The minimum atomic E-state index is -0.239. The maximum Gasteiger partial charge on any atom is 0.264 e. The summed E-state index contributed by atoms with van der Waals surface area (Å²) < 4.78 is 1.95. The van der Waals surface area contributed by atoms with E-state index in [1.165, 1.54) is 0 Å². The van der Waals surface area contributed by atoms with Crippen LogP contribution in [0.15, 0.2) is 24.0 Å². The van der Waals surface area contributed by atoms with E-state index in [1.54, 1.807) is 17.2 Å². The summed E-state index contributed by atoms with van der Waals surface area (Å²) in [5.41, 5.74) is 1.48. The number of amides is 1. The van der Waals surface area contributed by atoms with E-state index in [2.05, 4.69) is 42.0 Å². The Bertz CT molecular complexity index is 1320. The van der Waals surface area contributed by atoms with Crippen LogP contribution in [0, 0.1) is 17.2 Å². The topological polar surface area (TPSA) is 140 Å². The SMILES string of the molecule is CC(C)/C=C(\C#N)C(=O)N1CCC[C@@H](Nc2nc(Nc3cnn(C4CC4)c3)nc3[nH]nc(Cl)c23)C1. The van der Waals surface area contributed by atoms with Gasteiger partial charge in [0, 0.05) is 25.3 Å². The third-order valence-electron chi connectivity index (χ3n) is 6.05. The summed E-state index contributed by atoms with van der Waals surface area (Å²) in [5, 5.41) is 28.3. The van der Waals surface area contributed by atoms with E-state index in [1.807, 2.05) is 24.7 Å². The Labute approximate surface area is 207 Å². The standard InChI is InChI=1S/C23H27ClN10O/c1-13(2)8-14(9-25)22(35)33-7-3-4-15(11-33)27-20-18-19(24)31-32-21(18)30-23(29-20)28-16-10-26-34(12-16)17-5-6-17/h8,10,12-13,15,17H,3-7,11H2,1-2H3,(H3,27,28,29,30,31,32)/b14-8+/t15-/m1/s1. The lowest BCUT2D eigenvalue weighted by Crippen LogP contribution is -2.45. The molecule has 4 heterocycles. The number of likely N-dealkylation sites (tertiary alicyclic amines) is 1. The summed E-state index contributed by atoms with van der Waals surface area (Å²) in [4.78, 5) is 23.8. The zero-order valence-electron chi connectivity index (χ0n) is 19.6. The molecule has 11 nitrogen and oxygen atoms in total. The van der Waals surface area contributed by atoms with Crippen LogP contribution in [-0.4, -0.2) is 59.9 Å². The number of nitrogens with one attached hydrogen (secondary N) is 3. The summed E-state index contributed by atoms with van der Waals surface area (Å²) >= 11 is 6.34. The fourth-order valence-electron chi connectivity index (χ4n) is 4.26. The first kappa shape index (κ1) is 23.1. The Morgan fingerprint density at radius 1 is 1.34 bits per heavy atom. The van der Waals surface area contributed by atoms with Crippen molar-refractivity contribution >= 4 is 46.0 Å². The van der Waals surface area contributed by atoms with Crippen molar-refractivity contribution in [1.29, 1.82) is 5.26 Å². The van der Waals surface area contributed by atoms with Crippen molar-refractivity contribution < 1.29 is 4.79 Å². The third kappa shape index (κ3) is 5.07. The molecule has 0 spiro atoms. The molecule has 0 radical (unpaired) electrons. The zero-order chi connectivity index (χ0) is 24.5. The second-order valence-electron chi connectivity index (χ2n) is 9.37. The first-order valence-corrected chi connectivity index (χ1v) is 12.2. The van der Waals surface area contributed by atoms with Crippen LogP contribution < -0.4 is 10.6 Å². The van der Waals surface area contributed by atoms with Crippen LogP contribution in [0.3, 0.4) is 0 Å². The number of rotatable bonds is 7. The van der Waals surface area contributed by atoms with Gasteiger partial charge >= 0.3 is 0 Å². The molecule has 182 valence electrons. The second-order valence-corrected chi connectivity index (χ2v) is 9.73. The number of H-pyrrole nitrogens is 1. The van der Waals surface area contributed by atoms with Crippen molar-refractivity contribution in [3.63, 3.8) is 0 Å². The molecule has 1 atom stereocenters. The number of fused-ring (bicyclic) bond motifs is 1. The number of carbonyl (C=O) groups is 1. The van der Waals surface area contributed by atoms with Crippen molar-refractivity contribution in [2.24, 2.45) is 5.92 Å². The minimum absolute atomic E-state index is 0.0683. The van der Waals surface area contributed by atoms with E-state index < -0.39 is 0 Å². The highest BCUT2D eigenvalue weighted by Crippen LogP contribution is 2.35. The average Bonchev–Trinajstić information content (AvgIpc) is 3.48. The van der Waals surface area contributed by atoms with E-state index in [-0.39, 0.29) is 28.6 Å². The van der Waals surface area contributed by atoms with Gasteiger partial charge in [-0.05, 0) is 31.6 Å². The van der Waals surface area contributed by atoms with Crippen LogP contribution in [0.4, 0.5) is 17.5 Å². The van der Waals surface area contributed by atoms with Crippen LogP contribution in [0.1, 0.15) is 45.6 Å². The van der Waals surface area contributed by atoms with E-state index in [4.69, 9.17) is 11.6 Å². The van der Waals surface area contributed by atoms with Crippen molar-refractivity contribution in [2.75, 3.05) is 23.7 Å². The number of aromatic nitrogens is 6. The molecule has 0 bridgehead atoms. The van der Waals surface area contributed by atoms with Gasteiger partial charge in [0.25, 0.3) is 5.91 Å². The van der Waals surface area contributed by atoms with Gasteiger partial charge in [-0.15, -0.1) is 0 Å². The lowest BCUT2D eigenvalue weighted by molar-refractivity contribution is -0.127. The van der Waals surface area contributed by atoms with Gasteiger partial charge in [0.15, 0.2) is 10.8 Å². The maximum absolute atomic E-state index is 12.9. The van der Waals surface area contributed by atoms with Gasteiger partial charge in [-0.3, -0.25) is 14.6 Å². The summed E-state index contributed by atoms with van der Waals surface area (Å²) in [6.07, 6.45) is 9.35. The molecule has 1 saturated heterocycles. The smallest absolute Gasteiger partial charge is 0.264 e. The number of aromatic amines is 1. The van der Waals surface area contributed by atoms with Crippen LogP contribution >= 0.6 is 11.6 Å².